The topological polar surface area (TPSA) is 109 Å². The van der Waals surface area contributed by atoms with Gasteiger partial charge in [0, 0.05) is 49.6 Å². The zero-order chi connectivity index (χ0) is 39.6. The molecular formula is C34H36ClFN6O4. The second kappa shape index (κ2) is 12.9. The average Bonchev–Trinajstić information content (AvgIpc) is 3.60. The number of ether oxygens (including phenoxy) is 2. The molecule has 3 aliphatic rings. The molecule has 1 aromatic heterocycles. The van der Waals surface area contributed by atoms with E-state index in [9.17, 15) is 14.0 Å². The Morgan fingerprint density at radius 3 is 2.85 bits per heavy atom. The average molecular weight is 655 g/mol. The molecular weight excluding hydrogens is 611 g/mol. The summed E-state index contributed by atoms with van der Waals surface area (Å²) in [5, 5.41) is 5.86. The number of likely N-dealkylation sites (tertiary alicyclic amines) is 1. The van der Waals surface area contributed by atoms with Crippen molar-refractivity contribution >= 4 is 51.7 Å². The van der Waals surface area contributed by atoms with Crippen molar-refractivity contribution in [2.24, 2.45) is 11.3 Å². The number of benzene rings is 2. The van der Waals surface area contributed by atoms with Crippen molar-refractivity contribution in [1.29, 1.82) is 0 Å². The van der Waals surface area contributed by atoms with Gasteiger partial charge in [-0.2, -0.15) is 0 Å². The molecule has 2 atom stereocenters. The van der Waals surface area contributed by atoms with E-state index in [0.29, 0.717) is 34.5 Å². The molecule has 12 heteroatoms. The fourth-order valence-electron chi connectivity index (χ4n) is 5.21. The fourth-order valence-corrected chi connectivity index (χ4v) is 5.39. The third-order valence-electron chi connectivity index (χ3n) is 7.50. The Balaban J connectivity index is 1.31. The fraction of sp³-hybridized carbons (Fsp3) is 0.412. The SMILES string of the molecule is [2H]C1([2H])OC([2H])([2H])C([2H])([2H])N(C/C=C/C(=O)Nc2cc3c(Nc4cccc(Cl)c4F)ncnc3cc2C#C[C@@]23C[C@@H]2CN(C(=O)OC(C)(C)C)C3)C1([2H])[2H]. The van der Waals surface area contributed by atoms with E-state index in [1.165, 1.54) is 24.5 Å². The molecule has 46 heavy (non-hydrogen) atoms. The van der Waals surface area contributed by atoms with Gasteiger partial charge in [0.25, 0.3) is 0 Å². The molecule has 10 nitrogen and oxygen atoms in total. The van der Waals surface area contributed by atoms with Crippen LogP contribution < -0.4 is 10.6 Å². The van der Waals surface area contributed by atoms with Gasteiger partial charge in [-0.3, -0.25) is 9.69 Å². The van der Waals surface area contributed by atoms with E-state index in [1.807, 2.05) is 0 Å². The smallest absolute Gasteiger partial charge is 0.410 e. The molecule has 0 spiro atoms. The van der Waals surface area contributed by atoms with E-state index in [-0.39, 0.29) is 28.1 Å². The number of nitrogens with zero attached hydrogens (tertiary/aromatic N) is 4. The molecule has 6 rings (SSSR count). The molecule has 0 bridgehead atoms. The number of carbonyl (C=O) groups is 2. The minimum absolute atomic E-state index is 0.0335. The number of aromatic nitrogens is 2. The zero-order valence-corrected chi connectivity index (χ0v) is 26.0. The summed E-state index contributed by atoms with van der Waals surface area (Å²) in [7, 11) is 0. The second-order valence-electron chi connectivity index (χ2n) is 12.1. The zero-order valence-electron chi connectivity index (χ0n) is 33.2. The van der Waals surface area contributed by atoms with Crippen LogP contribution in [0.3, 0.4) is 0 Å². The number of hydrogen-bond donors (Lipinski definition) is 2. The Bertz CT molecular complexity index is 2100. The first-order chi connectivity index (χ1) is 25.0. The highest BCUT2D eigenvalue weighted by Gasteiger charge is 2.60. The standard InChI is InChI=1S/C34H36ClFN6O4/c1-33(2,3)46-32(44)42-19-23-18-34(23,20-42)10-9-22-16-28-24(31(38-21-37-28)40-26-7-4-6-25(35)30(26)36)17-27(22)39-29(43)8-5-11-41-12-14-45-15-13-41/h4-8,16-17,21,23H,11-15,18-20H2,1-3H3,(H,39,43)(H,37,38,40)/b8-5+/t23-,34+/m1/s1/i12D2,13D2,14D2,15D2. The Morgan fingerprint density at radius 2 is 2.07 bits per heavy atom. The highest BCUT2D eigenvalue weighted by atomic mass is 35.5. The minimum Gasteiger partial charge on any atom is -0.444 e. The van der Waals surface area contributed by atoms with Gasteiger partial charge in [-0.1, -0.05) is 35.6 Å². The largest absolute Gasteiger partial charge is 0.444 e. The highest BCUT2D eigenvalue weighted by molar-refractivity contribution is 6.31. The van der Waals surface area contributed by atoms with Gasteiger partial charge in [0.05, 0.1) is 51.5 Å². The molecule has 2 aliphatic heterocycles. The summed E-state index contributed by atoms with van der Waals surface area (Å²) in [6, 6.07) is 7.55. The third kappa shape index (κ3) is 7.25. The molecule has 2 aromatic carbocycles. The van der Waals surface area contributed by atoms with E-state index in [0.717, 1.165) is 18.6 Å². The van der Waals surface area contributed by atoms with E-state index in [1.54, 1.807) is 37.8 Å². The van der Waals surface area contributed by atoms with Gasteiger partial charge < -0.3 is 25.0 Å². The van der Waals surface area contributed by atoms with Crippen LogP contribution in [0.15, 0.2) is 48.8 Å². The van der Waals surface area contributed by atoms with Crippen LogP contribution in [0.1, 0.15) is 43.7 Å². The maximum absolute atomic E-state index is 14.8. The second-order valence-corrected chi connectivity index (χ2v) is 12.5. The number of piperidine rings is 1. The lowest BCUT2D eigenvalue weighted by atomic mass is 10.0. The number of morpholine rings is 1. The van der Waals surface area contributed by atoms with Crippen LogP contribution in [-0.2, 0) is 14.3 Å². The van der Waals surface area contributed by atoms with Gasteiger partial charge in [-0.25, -0.2) is 19.2 Å². The van der Waals surface area contributed by atoms with Crippen molar-refractivity contribution in [1.82, 2.24) is 19.8 Å². The van der Waals surface area contributed by atoms with E-state index >= 15 is 0 Å². The number of hydrogen-bond acceptors (Lipinski definition) is 8. The maximum Gasteiger partial charge on any atom is 0.410 e. The first-order valence-electron chi connectivity index (χ1n) is 18.4. The molecule has 3 heterocycles. The summed E-state index contributed by atoms with van der Waals surface area (Å²) >= 11 is 5.98. The summed E-state index contributed by atoms with van der Waals surface area (Å²) in [6.45, 7) is -7.24. The highest BCUT2D eigenvalue weighted by Crippen LogP contribution is 2.57. The number of carbonyl (C=O) groups excluding carboxylic acids is 2. The Kier molecular flexibility index (Phi) is 6.47. The predicted octanol–water partition coefficient (Wildman–Crippen LogP) is 5.60. The molecule has 0 radical (unpaired) electrons. The summed E-state index contributed by atoms with van der Waals surface area (Å²) in [5.74, 6) is 5.26. The van der Waals surface area contributed by atoms with Crippen molar-refractivity contribution in [3.63, 3.8) is 0 Å². The lowest BCUT2D eigenvalue weighted by Gasteiger charge is -2.25. The molecule has 240 valence electrons. The quantitative estimate of drug-likeness (QED) is 0.261. The van der Waals surface area contributed by atoms with Gasteiger partial charge in [0.1, 0.15) is 17.7 Å². The summed E-state index contributed by atoms with van der Waals surface area (Å²) in [6.07, 6.45) is 3.62. The van der Waals surface area contributed by atoms with Crippen molar-refractivity contribution < 1.29 is 34.4 Å². The minimum atomic E-state index is -3.23. The first-order valence-corrected chi connectivity index (χ1v) is 14.8. The first kappa shape index (κ1) is 23.1. The number of fused-ring (bicyclic) bond motifs is 2. The molecule has 3 aromatic rings. The molecule has 2 saturated heterocycles. The van der Waals surface area contributed by atoms with Crippen LogP contribution in [-0.4, -0.2) is 83.1 Å². The molecule has 1 saturated carbocycles. The number of halogens is 2. The number of nitrogens with one attached hydrogen (secondary N) is 2. The van der Waals surface area contributed by atoms with Crippen molar-refractivity contribution in [3.05, 3.63) is 65.2 Å². The molecule has 2 N–H and O–H groups in total. The van der Waals surface area contributed by atoms with Crippen LogP contribution in [0.25, 0.3) is 10.9 Å². The van der Waals surface area contributed by atoms with Crippen LogP contribution in [0.4, 0.5) is 26.4 Å². The van der Waals surface area contributed by atoms with Crippen molar-refractivity contribution in [2.45, 2.75) is 32.8 Å². The monoisotopic (exact) mass is 654 g/mol. The van der Waals surface area contributed by atoms with Crippen LogP contribution >= 0.6 is 11.6 Å². The van der Waals surface area contributed by atoms with Gasteiger partial charge in [-0.05, 0) is 57.4 Å². The van der Waals surface area contributed by atoms with Crippen LogP contribution in [0.2, 0.25) is 5.02 Å². The maximum atomic E-state index is 14.8. The van der Waals surface area contributed by atoms with Crippen molar-refractivity contribution in [2.75, 3.05) is 56.4 Å². The number of rotatable bonds is 6. The summed E-state index contributed by atoms with van der Waals surface area (Å²) in [5.41, 5.74) is -0.215. The van der Waals surface area contributed by atoms with E-state index in [2.05, 4.69) is 37.2 Å². The normalized spacial score (nSPS) is 28.0. The van der Waals surface area contributed by atoms with E-state index < -0.39 is 61.5 Å². The Hall–Kier alpha value is -4.24. The lowest BCUT2D eigenvalue weighted by Crippen LogP contribution is -2.37. The third-order valence-corrected chi connectivity index (χ3v) is 7.79. The predicted molar refractivity (Wildman–Crippen MR) is 174 cm³/mol. The molecule has 1 aliphatic carbocycles. The summed E-state index contributed by atoms with van der Waals surface area (Å²) in [4.78, 5) is 36.6. The van der Waals surface area contributed by atoms with Crippen molar-refractivity contribution in [3.8, 4) is 11.8 Å². The number of anilines is 3. The van der Waals surface area contributed by atoms with Gasteiger partial charge >= 0.3 is 6.09 Å². The summed E-state index contributed by atoms with van der Waals surface area (Å²) < 4.78 is 89.2. The van der Waals surface area contributed by atoms with Crippen LogP contribution in [0, 0.1) is 29.0 Å². The van der Waals surface area contributed by atoms with Gasteiger partial charge in [0.2, 0.25) is 5.91 Å². The molecule has 3 fully saturated rings. The Labute approximate surface area is 283 Å². The lowest BCUT2D eigenvalue weighted by molar-refractivity contribution is -0.111. The van der Waals surface area contributed by atoms with E-state index in [4.69, 9.17) is 27.3 Å². The van der Waals surface area contributed by atoms with Crippen LogP contribution in [0.5, 0.6) is 0 Å². The Morgan fingerprint density at radius 1 is 1.26 bits per heavy atom. The molecule has 0 unspecified atom stereocenters. The van der Waals surface area contributed by atoms with Gasteiger partial charge in [0.15, 0.2) is 5.82 Å². The number of amides is 2. The van der Waals surface area contributed by atoms with Gasteiger partial charge in [-0.15, -0.1) is 0 Å². The molecule has 2 amide bonds.